The summed E-state index contributed by atoms with van der Waals surface area (Å²) in [6, 6.07) is 8.88. The SMILES string of the molecule is CNC[C@@H](C)NC(=O)c1cc2c(ccc3nc(Oc4nc(C)ncc4COC(O)(O)C(O)(O)O)ccc32)s1. The molecule has 0 saturated heterocycles. The number of carbonyl (C=O) groups excluding carboxylic acids is 1. The van der Waals surface area contributed by atoms with E-state index >= 15 is 0 Å². The van der Waals surface area contributed by atoms with Gasteiger partial charge in [-0.25, -0.2) is 9.97 Å². The number of ether oxygens (including phenoxy) is 2. The maximum Gasteiger partial charge on any atom is 0.365 e. The van der Waals surface area contributed by atoms with Crippen molar-refractivity contribution in [2.75, 3.05) is 13.6 Å². The van der Waals surface area contributed by atoms with Crippen molar-refractivity contribution in [3.63, 3.8) is 0 Å². The van der Waals surface area contributed by atoms with E-state index in [1.54, 1.807) is 25.1 Å². The van der Waals surface area contributed by atoms with Crippen molar-refractivity contribution < 1.29 is 39.8 Å². The number of benzene rings is 1. The van der Waals surface area contributed by atoms with E-state index in [0.29, 0.717) is 22.8 Å². The third-order valence-electron chi connectivity index (χ3n) is 5.47. The fraction of sp³-hybridized carbons (Fsp3) is 0.333. The molecule has 0 aliphatic heterocycles. The molecular weight excluding hydrogens is 518 g/mol. The molecule has 0 aliphatic carbocycles. The number of likely N-dealkylation sites (N-methyl/N-ethyl adjacent to an activating group) is 1. The van der Waals surface area contributed by atoms with Gasteiger partial charge in [0.05, 0.1) is 22.6 Å². The molecular formula is C24H27N5O8S. The summed E-state index contributed by atoms with van der Waals surface area (Å²) in [5, 5.41) is 53.8. The van der Waals surface area contributed by atoms with Crippen LogP contribution in [-0.2, 0) is 11.3 Å². The normalized spacial score (nSPS) is 13.2. The quantitative estimate of drug-likeness (QED) is 0.136. The van der Waals surface area contributed by atoms with E-state index in [9.17, 15) is 15.0 Å². The molecule has 1 amide bonds. The summed E-state index contributed by atoms with van der Waals surface area (Å²) >= 11 is 1.38. The van der Waals surface area contributed by atoms with Crippen molar-refractivity contribution in [1.82, 2.24) is 25.6 Å². The third kappa shape index (κ3) is 6.03. The second-order valence-electron chi connectivity index (χ2n) is 8.62. The average molecular weight is 546 g/mol. The highest BCUT2D eigenvalue weighted by Gasteiger charge is 2.48. The smallest absolute Gasteiger partial charge is 0.365 e. The number of thiophene rings is 1. The molecule has 202 valence electrons. The number of hydrogen-bond donors (Lipinski definition) is 7. The van der Waals surface area contributed by atoms with Crippen LogP contribution in [0, 0.1) is 6.92 Å². The van der Waals surface area contributed by atoms with E-state index in [2.05, 4.69) is 30.3 Å². The Bertz CT molecular complexity index is 1470. The van der Waals surface area contributed by atoms with Crippen LogP contribution in [0.5, 0.6) is 11.8 Å². The van der Waals surface area contributed by atoms with Gasteiger partial charge in [-0.2, -0.15) is 4.98 Å². The topological polar surface area (TPSA) is 199 Å². The lowest BCUT2D eigenvalue weighted by Crippen LogP contribution is -2.56. The van der Waals surface area contributed by atoms with Gasteiger partial charge in [-0.1, -0.05) is 0 Å². The largest absolute Gasteiger partial charge is 0.420 e. The minimum absolute atomic E-state index is 0.0267. The molecule has 1 atom stereocenters. The molecule has 0 saturated carbocycles. The molecule has 1 aromatic carbocycles. The first-order valence-electron chi connectivity index (χ1n) is 11.4. The number of rotatable bonds is 10. The molecule has 7 N–H and O–H groups in total. The first kappa shape index (κ1) is 27.7. The summed E-state index contributed by atoms with van der Waals surface area (Å²) in [5.41, 5.74) is 0.702. The molecule has 13 nitrogen and oxygen atoms in total. The van der Waals surface area contributed by atoms with Gasteiger partial charge in [-0.3, -0.25) is 4.79 Å². The molecule has 0 unspecified atom stereocenters. The Labute approximate surface area is 220 Å². The summed E-state index contributed by atoms with van der Waals surface area (Å²) in [4.78, 5) is 25.9. The molecule has 0 fully saturated rings. The van der Waals surface area contributed by atoms with Gasteiger partial charge in [-0.05, 0) is 45.2 Å². The predicted molar refractivity (Wildman–Crippen MR) is 136 cm³/mol. The van der Waals surface area contributed by atoms with E-state index < -0.39 is 18.6 Å². The van der Waals surface area contributed by atoms with Gasteiger partial charge in [0, 0.05) is 40.3 Å². The van der Waals surface area contributed by atoms with Crippen molar-refractivity contribution in [3.05, 3.63) is 52.8 Å². The van der Waals surface area contributed by atoms with Crippen molar-refractivity contribution in [2.24, 2.45) is 0 Å². The van der Waals surface area contributed by atoms with Crippen LogP contribution >= 0.6 is 11.3 Å². The zero-order chi connectivity index (χ0) is 27.7. The van der Waals surface area contributed by atoms with E-state index in [1.807, 2.05) is 26.1 Å². The number of nitrogens with zero attached hydrogens (tertiary/aromatic N) is 3. The number of aliphatic hydroxyl groups is 5. The molecule has 38 heavy (non-hydrogen) atoms. The van der Waals surface area contributed by atoms with Crippen LogP contribution in [0.3, 0.4) is 0 Å². The Morgan fingerprint density at radius 1 is 1.11 bits per heavy atom. The number of carbonyl (C=O) groups is 1. The van der Waals surface area contributed by atoms with Crippen LogP contribution in [0.15, 0.2) is 36.5 Å². The zero-order valence-corrected chi connectivity index (χ0v) is 21.5. The maximum absolute atomic E-state index is 12.7. The summed E-state index contributed by atoms with van der Waals surface area (Å²) in [6.45, 7) is 3.52. The van der Waals surface area contributed by atoms with Crippen LogP contribution in [0.2, 0.25) is 0 Å². The Hall–Kier alpha value is -3.34. The Balaban J connectivity index is 1.59. The lowest BCUT2D eigenvalue weighted by atomic mass is 10.1. The Morgan fingerprint density at radius 2 is 1.87 bits per heavy atom. The van der Waals surface area contributed by atoms with E-state index in [-0.39, 0.29) is 29.3 Å². The molecule has 4 aromatic rings. The molecule has 14 heteroatoms. The number of aromatic nitrogens is 3. The first-order chi connectivity index (χ1) is 17.9. The Morgan fingerprint density at radius 3 is 2.58 bits per heavy atom. The zero-order valence-electron chi connectivity index (χ0n) is 20.7. The molecule has 3 aromatic heterocycles. The van der Waals surface area contributed by atoms with Crippen LogP contribution in [0.25, 0.3) is 21.0 Å². The molecule has 3 heterocycles. The van der Waals surface area contributed by atoms with E-state index in [1.165, 1.54) is 17.5 Å². The van der Waals surface area contributed by atoms with E-state index in [4.69, 9.17) is 20.1 Å². The molecule has 0 radical (unpaired) electrons. The van der Waals surface area contributed by atoms with Crippen molar-refractivity contribution in [2.45, 2.75) is 38.4 Å². The lowest BCUT2D eigenvalue weighted by molar-refractivity contribution is -0.524. The first-order valence-corrected chi connectivity index (χ1v) is 12.2. The number of hydrogen-bond acceptors (Lipinski definition) is 13. The highest BCUT2D eigenvalue weighted by Crippen LogP contribution is 2.33. The second-order valence-corrected chi connectivity index (χ2v) is 9.70. The van der Waals surface area contributed by atoms with E-state index in [0.717, 1.165) is 15.5 Å². The summed E-state index contributed by atoms with van der Waals surface area (Å²) < 4.78 is 11.4. The van der Waals surface area contributed by atoms with Crippen LogP contribution in [-0.4, -0.2) is 78.0 Å². The minimum atomic E-state index is -3.93. The van der Waals surface area contributed by atoms with Crippen LogP contribution < -0.4 is 15.4 Å². The Kier molecular flexibility index (Phi) is 7.87. The average Bonchev–Trinajstić information content (AvgIpc) is 3.28. The lowest BCUT2D eigenvalue weighted by Gasteiger charge is -2.29. The molecule has 0 spiro atoms. The number of aryl methyl sites for hydroxylation is 1. The number of fused-ring (bicyclic) bond motifs is 3. The fourth-order valence-electron chi connectivity index (χ4n) is 3.56. The highest BCUT2D eigenvalue weighted by atomic mass is 32.1. The number of pyridine rings is 1. The second kappa shape index (κ2) is 10.8. The van der Waals surface area contributed by atoms with Gasteiger partial charge in [0.15, 0.2) is 0 Å². The standard InChI is InChI=1S/C24H27N5O8S/c1-12(9-25-3)27-21(30)19-8-16-15-4-7-20(29-17(15)5-6-18(16)38-19)37-22-14(10-26-13(2)28-22)11-36-24(34,35)23(31,32)33/h4-8,10,12,25,31-35H,9,11H2,1-3H3,(H,27,30)/t12-/m1/s1. The fourth-order valence-corrected chi connectivity index (χ4v) is 4.54. The monoisotopic (exact) mass is 545 g/mol. The van der Waals surface area contributed by atoms with Gasteiger partial charge in [0.25, 0.3) is 5.91 Å². The summed E-state index contributed by atoms with van der Waals surface area (Å²) in [5.74, 6) is -7.32. The van der Waals surface area contributed by atoms with Crippen molar-refractivity contribution >= 4 is 38.2 Å². The van der Waals surface area contributed by atoms with Gasteiger partial charge in [-0.15, -0.1) is 11.3 Å². The van der Waals surface area contributed by atoms with Crippen molar-refractivity contribution in [1.29, 1.82) is 0 Å². The third-order valence-corrected chi connectivity index (χ3v) is 6.57. The maximum atomic E-state index is 12.7. The number of amides is 1. The van der Waals surface area contributed by atoms with Crippen molar-refractivity contribution in [3.8, 4) is 11.8 Å². The summed E-state index contributed by atoms with van der Waals surface area (Å²) in [6.07, 6.45) is 1.28. The summed E-state index contributed by atoms with van der Waals surface area (Å²) in [7, 11) is 1.82. The van der Waals surface area contributed by atoms with Gasteiger partial charge in [0.1, 0.15) is 5.82 Å². The van der Waals surface area contributed by atoms with Gasteiger partial charge in [0.2, 0.25) is 11.8 Å². The minimum Gasteiger partial charge on any atom is -0.420 e. The van der Waals surface area contributed by atoms with Gasteiger partial charge < -0.3 is 45.6 Å². The van der Waals surface area contributed by atoms with Gasteiger partial charge >= 0.3 is 11.9 Å². The van der Waals surface area contributed by atoms with Crippen LogP contribution in [0.4, 0.5) is 0 Å². The number of nitrogens with one attached hydrogen (secondary N) is 2. The molecule has 4 rings (SSSR count). The predicted octanol–water partition coefficient (Wildman–Crippen LogP) is 0.464. The molecule has 0 aliphatic rings. The highest BCUT2D eigenvalue weighted by molar-refractivity contribution is 7.21. The van der Waals surface area contributed by atoms with Crippen LogP contribution in [0.1, 0.15) is 28.0 Å². The molecule has 0 bridgehead atoms.